The number of nitrogens with zero attached hydrogens (tertiary/aromatic N) is 1. The first kappa shape index (κ1) is 34.6. The van der Waals surface area contributed by atoms with Crippen molar-refractivity contribution in [2.24, 2.45) is 5.92 Å². The summed E-state index contributed by atoms with van der Waals surface area (Å²) in [4.78, 5) is 14.9. The number of unbranched alkanes of at least 4 members (excludes halogenated alkanes) is 12. The quantitative estimate of drug-likeness (QED) is 0.110. The average molecular weight is 496 g/mol. The van der Waals surface area contributed by atoms with Crippen LogP contribution in [0.5, 0.6) is 0 Å². The predicted molar refractivity (Wildman–Crippen MR) is 155 cm³/mol. The van der Waals surface area contributed by atoms with Crippen LogP contribution in [-0.2, 0) is 4.79 Å². The highest BCUT2D eigenvalue weighted by Gasteiger charge is 2.13. The highest BCUT2D eigenvalue weighted by atomic mass is 16.3. The molecule has 0 aromatic carbocycles. The van der Waals surface area contributed by atoms with Crippen molar-refractivity contribution in [3.8, 4) is 0 Å². The number of likely N-dealkylation sites (N-methyl/N-ethyl adjacent to an activating group) is 1. The molecule has 0 spiro atoms. The number of hydrogen-bond donors (Lipinski definition) is 1. The van der Waals surface area contributed by atoms with Crippen molar-refractivity contribution < 1.29 is 9.90 Å². The number of aliphatic hydroxyl groups is 1. The van der Waals surface area contributed by atoms with Crippen LogP contribution in [0, 0.1) is 5.92 Å². The summed E-state index contributed by atoms with van der Waals surface area (Å²) < 4.78 is 0. The Morgan fingerprint density at radius 2 is 1.11 bits per heavy atom. The van der Waals surface area contributed by atoms with E-state index >= 15 is 0 Å². The summed E-state index contributed by atoms with van der Waals surface area (Å²) in [7, 11) is 0. The van der Waals surface area contributed by atoms with Gasteiger partial charge in [0, 0.05) is 19.4 Å². The van der Waals surface area contributed by atoms with Crippen molar-refractivity contribution in [2.75, 3.05) is 19.6 Å². The van der Waals surface area contributed by atoms with Gasteiger partial charge in [0.25, 0.3) is 0 Å². The Morgan fingerprint density at radius 3 is 1.71 bits per heavy atom. The summed E-state index contributed by atoms with van der Waals surface area (Å²) in [6.45, 7) is 11.9. The monoisotopic (exact) mass is 496 g/mol. The number of hydrogen-bond acceptors (Lipinski definition) is 3. The summed E-state index contributed by atoms with van der Waals surface area (Å²) in [6, 6.07) is 0. The minimum absolute atomic E-state index is 0.220. The first-order chi connectivity index (χ1) is 17.1. The van der Waals surface area contributed by atoms with Gasteiger partial charge in [0.1, 0.15) is 5.78 Å². The van der Waals surface area contributed by atoms with Crippen LogP contribution in [0.3, 0.4) is 0 Å². The van der Waals surface area contributed by atoms with E-state index in [1.807, 2.05) is 0 Å². The van der Waals surface area contributed by atoms with E-state index in [2.05, 4.69) is 32.6 Å². The van der Waals surface area contributed by atoms with Gasteiger partial charge in [-0.2, -0.15) is 0 Å². The van der Waals surface area contributed by atoms with Crippen LogP contribution in [0.25, 0.3) is 0 Å². The fourth-order valence-electron chi connectivity index (χ4n) is 5.23. The maximum absolute atomic E-state index is 12.5. The molecule has 3 heteroatoms. The van der Waals surface area contributed by atoms with Gasteiger partial charge in [-0.1, -0.05) is 130 Å². The average Bonchev–Trinajstić information content (AvgIpc) is 2.86. The first-order valence-corrected chi connectivity index (χ1v) is 16.0. The van der Waals surface area contributed by atoms with Gasteiger partial charge >= 0.3 is 0 Å². The lowest BCUT2D eigenvalue weighted by Gasteiger charge is -2.23. The van der Waals surface area contributed by atoms with E-state index in [-0.39, 0.29) is 6.10 Å². The second-order valence-electron chi connectivity index (χ2n) is 11.2. The van der Waals surface area contributed by atoms with Crippen molar-refractivity contribution in [1.29, 1.82) is 0 Å². The molecule has 2 unspecified atom stereocenters. The molecule has 0 heterocycles. The van der Waals surface area contributed by atoms with Gasteiger partial charge < -0.3 is 10.0 Å². The molecular weight excluding hydrogens is 430 g/mol. The van der Waals surface area contributed by atoms with Crippen molar-refractivity contribution >= 4 is 5.78 Å². The van der Waals surface area contributed by atoms with Crippen LogP contribution in [0.15, 0.2) is 0 Å². The van der Waals surface area contributed by atoms with Crippen molar-refractivity contribution in [3.63, 3.8) is 0 Å². The van der Waals surface area contributed by atoms with Gasteiger partial charge in [0.05, 0.1) is 6.10 Å². The minimum atomic E-state index is -0.220. The van der Waals surface area contributed by atoms with E-state index in [0.29, 0.717) is 5.78 Å². The van der Waals surface area contributed by atoms with Crippen LogP contribution in [-0.4, -0.2) is 41.5 Å². The number of carbonyl (C=O) groups excluding carboxylic acids is 1. The maximum atomic E-state index is 12.5. The first-order valence-electron chi connectivity index (χ1n) is 16.0. The summed E-state index contributed by atoms with van der Waals surface area (Å²) in [5.74, 6) is 1.23. The molecule has 0 fully saturated rings. The minimum Gasteiger partial charge on any atom is -0.392 e. The molecule has 0 saturated carbocycles. The molecule has 210 valence electrons. The molecule has 0 aliphatic rings. The van der Waals surface area contributed by atoms with Crippen LogP contribution in [0.1, 0.15) is 169 Å². The van der Waals surface area contributed by atoms with Gasteiger partial charge in [0.15, 0.2) is 0 Å². The van der Waals surface area contributed by atoms with E-state index in [9.17, 15) is 9.90 Å². The second-order valence-corrected chi connectivity index (χ2v) is 11.2. The largest absolute Gasteiger partial charge is 0.392 e. The Hall–Kier alpha value is -0.410. The van der Waals surface area contributed by atoms with Gasteiger partial charge in [0.2, 0.25) is 0 Å². The van der Waals surface area contributed by atoms with Crippen molar-refractivity contribution in [3.05, 3.63) is 0 Å². The van der Waals surface area contributed by atoms with Crippen molar-refractivity contribution in [1.82, 2.24) is 4.90 Å². The lowest BCUT2D eigenvalue weighted by Crippen LogP contribution is -2.33. The molecule has 2 atom stereocenters. The van der Waals surface area contributed by atoms with Gasteiger partial charge in [-0.25, -0.2) is 0 Å². The summed E-state index contributed by atoms with van der Waals surface area (Å²) in [5.41, 5.74) is 0. The highest BCUT2D eigenvalue weighted by Crippen LogP contribution is 2.24. The van der Waals surface area contributed by atoms with Gasteiger partial charge in [-0.05, 0) is 44.7 Å². The van der Waals surface area contributed by atoms with E-state index in [4.69, 9.17) is 0 Å². The van der Waals surface area contributed by atoms with E-state index in [1.165, 1.54) is 96.3 Å². The molecule has 0 aliphatic heterocycles. The van der Waals surface area contributed by atoms with Crippen LogP contribution in [0.2, 0.25) is 0 Å². The topological polar surface area (TPSA) is 40.5 Å². The predicted octanol–water partition coefficient (Wildman–Crippen LogP) is 9.50. The Balaban J connectivity index is 3.99. The molecule has 35 heavy (non-hydrogen) atoms. The zero-order chi connectivity index (χ0) is 26.0. The third-order valence-electron chi connectivity index (χ3n) is 7.75. The summed E-state index contributed by atoms with van der Waals surface area (Å²) in [6.07, 6.45) is 26.3. The molecule has 0 bridgehead atoms. The van der Waals surface area contributed by atoms with Crippen LogP contribution < -0.4 is 0 Å². The molecule has 0 amide bonds. The van der Waals surface area contributed by atoms with Crippen LogP contribution >= 0.6 is 0 Å². The van der Waals surface area contributed by atoms with E-state index in [0.717, 1.165) is 70.5 Å². The zero-order valence-corrected chi connectivity index (χ0v) is 24.6. The molecule has 0 radical (unpaired) electrons. The van der Waals surface area contributed by atoms with Crippen molar-refractivity contribution in [2.45, 2.75) is 175 Å². The molecule has 0 aliphatic carbocycles. The lowest BCUT2D eigenvalue weighted by molar-refractivity contribution is -0.119. The molecular formula is C32H65NO2. The molecule has 3 nitrogen and oxygen atoms in total. The Kier molecular flexibility index (Phi) is 26.3. The Morgan fingerprint density at radius 1 is 0.600 bits per heavy atom. The standard InChI is InChI=1S/C32H65NO2/c1-5-9-12-15-18-23-30(22-17-13-10-6-2)26-27-31(34)24-19-16-20-25-32(35)29-33(8-4)28-21-14-11-7-3/h30,32,35H,5-29H2,1-4H3. The number of aliphatic hydroxyl groups excluding tert-OH is 1. The Labute approximate surface area is 221 Å². The van der Waals surface area contributed by atoms with Gasteiger partial charge in [-0.15, -0.1) is 0 Å². The third kappa shape index (κ3) is 23.7. The smallest absolute Gasteiger partial charge is 0.132 e. The fraction of sp³-hybridized carbons (Fsp3) is 0.969. The second kappa shape index (κ2) is 26.6. The number of rotatable bonds is 28. The Bertz CT molecular complexity index is 439. The SMILES string of the molecule is CCCCCCCC(CCCCCC)CCC(=O)CCCCCC(O)CN(CC)CCCCCC. The summed E-state index contributed by atoms with van der Waals surface area (Å²) >= 11 is 0. The van der Waals surface area contributed by atoms with E-state index in [1.54, 1.807) is 0 Å². The van der Waals surface area contributed by atoms with Gasteiger partial charge in [-0.3, -0.25) is 4.79 Å². The van der Waals surface area contributed by atoms with E-state index < -0.39 is 0 Å². The summed E-state index contributed by atoms with van der Waals surface area (Å²) in [5, 5.41) is 10.4. The fourth-order valence-corrected chi connectivity index (χ4v) is 5.23. The van der Waals surface area contributed by atoms with Crippen LogP contribution in [0.4, 0.5) is 0 Å². The highest BCUT2D eigenvalue weighted by molar-refractivity contribution is 5.78. The number of Topliss-reactive ketones (excluding diaryl/α,β-unsaturated/α-hetero) is 1. The number of carbonyl (C=O) groups is 1. The zero-order valence-electron chi connectivity index (χ0n) is 24.6. The third-order valence-corrected chi connectivity index (χ3v) is 7.75. The normalized spacial score (nSPS) is 13.4. The molecule has 0 aromatic rings. The molecule has 0 aromatic heterocycles. The molecule has 0 saturated heterocycles. The number of ketones is 1. The molecule has 0 rings (SSSR count). The maximum Gasteiger partial charge on any atom is 0.132 e. The lowest BCUT2D eigenvalue weighted by atomic mass is 9.89. The molecule has 1 N–H and O–H groups in total.